The van der Waals surface area contributed by atoms with E-state index in [0.717, 1.165) is 22.2 Å². The van der Waals surface area contributed by atoms with Gasteiger partial charge in [-0.05, 0) is 30.7 Å². The smallest absolute Gasteiger partial charge is 0.165 e. The molecule has 20 heavy (non-hydrogen) atoms. The summed E-state index contributed by atoms with van der Waals surface area (Å²) in [6, 6.07) is 10.8. The van der Waals surface area contributed by atoms with Crippen molar-refractivity contribution in [1.29, 1.82) is 0 Å². The molecule has 0 radical (unpaired) electrons. The standard InChI is InChI=1S/C16H16BrFO2/c1-11-3-5-15(13(7-11)9-17)20-10-12-4-6-16(19-2)14(18)8-12/h3-8H,9-10H2,1-2H3. The van der Waals surface area contributed by atoms with Crippen molar-refractivity contribution in [3.63, 3.8) is 0 Å². The van der Waals surface area contributed by atoms with Gasteiger partial charge in [0, 0.05) is 10.9 Å². The third-order valence-electron chi connectivity index (χ3n) is 2.97. The summed E-state index contributed by atoms with van der Waals surface area (Å²) < 4.78 is 24.2. The largest absolute Gasteiger partial charge is 0.494 e. The van der Waals surface area contributed by atoms with Gasteiger partial charge in [-0.2, -0.15) is 0 Å². The van der Waals surface area contributed by atoms with Crippen molar-refractivity contribution >= 4 is 15.9 Å². The Morgan fingerprint density at radius 3 is 2.50 bits per heavy atom. The van der Waals surface area contributed by atoms with Crippen LogP contribution < -0.4 is 9.47 Å². The molecule has 0 aliphatic carbocycles. The molecule has 0 amide bonds. The van der Waals surface area contributed by atoms with E-state index in [1.807, 2.05) is 19.1 Å². The molecule has 0 aliphatic heterocycles. The molecule has 0 N–H and O–H groups in total. The molecule has 106 valence electrons. The minimum absolute atomic E-state index is 0.241. The van der Waals surface area contributed by atoms with Crippen LogP contribution in [0.5, 0.6) is 11.5 Å². The predicted molar refractivity (Wildman–Crippen MR) is 81.1 cm³/mol. The van der Waals surface area contributed by atoms with E-state index in [-0.39, 0.29) is 11.6 Å². The number of halogens is 2. The number of benzene rings is 2. The van der Waals surface area contributed by atoms with Gasteiger partial charge in [0.15, 0.2) is 11.6 Å². The predicted octanol–water partition coefficient (Wildman–Crippen LogP) is 4.62. The fourth-order valence-electron chi connectivity index (χ4n) is 1.91. The van der Waals surface area contributed by atoms with E-state index in [4.69, 9.17) is 9.47 Å². The molecule has 4 heteroatoms. The second-order valence-electron chi connectivity index (χ2n) is 4.50. The summed E-state index contributed by atoms with van der Waals surface area (Å²) in [5.74, 6) is 0.673. The number of ether oxygens (including phenoxy) is 2. The van der Waals surface area contributed by atoms with E-state index in [9.17, 15) is 4.39 Å². The van der Waals surface area contributed by atoms with Crippen LogP contribution in [-0.2, 0) is 11.9 Å². The highest BCUT2D eigenvalue weighted by Gasteiger charge is 2.06. The molecule has 2 aromatic rings. The van der Waals surface area contributed by atoms with Gasteiger partial charge in [0.1, 0.15) is 12.4 Å². The van der Waals surface area contributed by atoms with E-state index in [1.165, 1.54) is 18.7 Å². The molecule has 0 aromatic heterocycles. The summed E-state index contributed by atoms with van der Waals surface area (Å²) in [4.78, 5) is 0. The van der Waals surface area contributed by atoms with Gasteiger partial charge in [-0.3, -0.25) is 0 Å². The lowest BCUT2D eigenvalue weighted by Gasteiger charge is -2.11. The van der Waals surface area contributed by atoms with E-state index in [0.29, 0.717) is 6.61 Å². The zero-order valence-electron chi connectivity index (χ0n) is 11.5. The van der Waals surface area contributed by atoms with Gasteiger partial charge in [-0.15, -0.1) is 0 Å². The van der Waals surface area contributed by atoms with Crippen LogP contribution in [0.1, 0.15) is 16.7 Å². The Kier molecular flexibility index (Phi) is 5.01. The molecule has 2 rings (SSSR count). The molecule has 0 saturated carbocycles. The Morgan fingerprint density at radius 1 is 1.10 bits per heavy atom. The molecule has 0 aliphatic rings. The fraction of sp³-hybridized carbons (Fsp3) is 0.250. The zero-order chi connectivity index (χ0) is 14.5. The third-order valence-corrected chi connectivity index (χ3v) is 3.57. The van der Waals surface area contributed by atoms with Crippen molar-refractivity contribution in [2.75, 3.05) is 7.11 Å². The highest BCUT2D eigenvalue weighted by Crippen LogP contribution is 2.24. The molecule has 2 nitrogen and oxygen atoms in total. The normalized spacial score (nSPS) is 10.4. The van der Waals surface area contributed by atoms with E-state index in [2.05, 4.69) is 22.0 Å². The first kappa shape index (κ1) is 14.9. The van der Waals surface area contributed by atoms with Crippen molar-refractivity contribution in [2.45, 2.75) is 18.9 Å². The summed E-state index contributed by atoms with van der Waals surface area (Å²) in [7, 11) is 1.45. The second kappa shape index (κ2) is 6.75. The van der Waals surface area contributed by atoms with Gasteiger partial charge in [0.2, 0.25) is 0 Å². The van der Waals surface area contributed by atoms with Crippen LogP contribution in [0.15, 0.2) is 36.4 Å². The summed E-state index contributed by atoms with van der Waals surface area (Å²) in [5.41, 5.74) is 3.03. The fourth-order valence-corrected chi connectivity index (χ4v) is 2.35. The second-order valence-corrected chi connectivity index (χ2v) is 5.06. The lowest BCUT2D eigenvalue weighted by Crippen LogP contribution is -1.99. The Morgan fingerprint density at radius 2 is 1.85 bits per heavy atom. The van der Waals surface area contributed by atoms with Crippen molar-refractivity contribution in [2.24, 2.45) is 0 Å². The van der Waals surface area contributed by atoms with Gasteiger partial charge in [0.05, 0.1) is 7.11 Å². The summed E-state index contributed by atoms with van der Waals surface area (Å²) in [6.07, 6.45) is 0. The molecular weight excluding hydrogens is 323 g/mol. The van der Waals surface area contributed by atoms with Gasteiger partial charge in [-0.25, -0.2) is 4.39 Å². The first-order chi connectivity index (χ1) is 9.63. The lowest BCUT2D eigenvalue weighted by atomic mass is 10.1. The van der Waals surface area contributed by atoms with E-state index >= 15 is 0 Å². The first-order valence-corrected chi connectivity index (χ1v) is 7.37. The first-order valence-electron chi connectivity index (χ1n) is 6.24. The molecule has 0 atom stereocenters. The Labute approximate surface area is 126 Å². The summed E-state index contributed by atoms with van der Waals surface area (Å²) in [5, 5.41) is 0.723. The SMILES string of the molecule is COc1ccc(COc2ccc(C)cc2CBr)cc1F. The van der Waals surface area contributed by atoms with E-state index < -0.39 is 0 Å². The van der Waals surface area contributed by atoms with Crippen LogP contribution in [0.25, 0.3) is 0 Å². The van der Waals surface area contributed by atoms with Gasteiger partial charge >= 0.3 is 0 Å². The highest BCUT2D eigenvalue weighted by molar-refractivity contribution is 9.08. The third kappa shape index (κ3) is 3.51. The minimum atomic E-state index is -0.377. The van der Waals surface area contributed by atoms with Crippen LogP contribution in [-0.4, -0.2) is 7.11 Å². The van der Waals surface area contributed by atoms with Crippen LogP contribution in [0.4, 0.5) is 4.39 Å². The number of alkyl halides is 1. The Balaban J connectivity index is 2.10. The zero-order valence-corrected chi connectivity index (χ0v) is 13.0. The quantitative estimate of drug-likeness (QED) is 0.741. The van der Waals surface area contributed by atoms with Crippen molar-refractivity contribution in [3.05, 3.63) is 58.9 Å². The number of rotatable bonds is 5. The summed E-state index contributed by atoms with van der Waals surface area (Å²) in [6.45, 7) is 2.36. The lowest BCUT2D eigenvalue weighted by molar-refractivity contribution is 0.302. The average molecular weight is 339 g/mol. The molecule has 2 aromatic carbocycles. The van der Waals surface area contributed by atoms with Gasteiger partial charge in [0.25, 0.3) is 0 Å². The monoisotopic (exact) mass is 338 g/mol. The molecule has 0 unspecified atom stereocenters. The van der Waals surface area contributed by atoms with Crippen molar-refractivity contribution < 1.29 is 13.9 Å². The number of aryl methyl sites for hydroxylation is 1. The molecule has 0 fully saturated rings. The highest BCUT2D eigenvalue weighted by atomic mass is 79.9. The average Bonchev–Trinajstić information content (AvgIpc) is 2.46. The maximum absolute atomic E-state index is 13.6. The Hall–Kier alpha value is -1.55. The van der Waals surface area contributed by atoms with Gasteiger partial charge in [-0.1, -0.05) is 39.7 Å². The van der Waals surface area contributed by atoms with Crippen LogP contribution in [0, 0.1) is 12.7 Å². The van der Waals surface area contributed by atoms with Gasteiger partial charge < -0.3 is 9.47 Å². The topological polar surface area (TPSA) is 18.5 Å². The Bertz CT molecular complexity index is 599. The van der Waals surface area contributed by atoms with Crippen LogP contribution in [0.2, 0.25) is 0 Å². The van der Waals surface area contributed by atoms with Crippen molar-refractivity contribution in [1.82, 2.24) is 0 Å². The van der Waals surface area contributed by atoms with Crippen LogP contribution >= 0.6 is 15.9 Å². The maximum atomic E-state index is 13.6. The number of methoxy groups -OCH3 is 1. The summed E-state index contributed by atoms with van der Waals surface area (Å²) >= 11 is 3.44. The molecular formula is C16H16BrFO2. The molecule has 0 heterocycles. The molecule has 0 saturated heterocycles. The molecule has 0 bridgehead atoms. The van der Waals surface area contributed by atoms with Crippen molar-refractivity contribution in [3.8, 4) is 11.5 Å². The van der Waals surface area contributed by atoms with E-state index in [1.54, 1.807) is 12.1 Å². The number of hydrogen-bond donors (Lipinski definition) is 0. The van der Waals surface area contributed by atoms with Crippen LogP contribution in [0.3, 0.4) is 0 Å². The maximum Gasteiger partial charge on any atom is 0.165 e. The molecule has 0 spiro atoms. The minimum Gasteiger partial charge on any atom is -0.494 e. The number of hydrogen-bond acceptors (Lipinski definition) is 2.